The van der Waals surface area contributed by atoms with E-state index < -0.39 is 0 Å². The first-order chi connectivity index (χ1) is 7.81. The van der Waals surface area contributed by atoms with Crippen LogP contribution in [0.4, 0.5) is 0 Å². The molecule has 0 saturated carbocycles. The van der Waals surface area contributed by atoms with Gasteiger partial charge in [0, 0.05) is 30.1 Å². The van der Waals surface area contributed by atoms with E-state index in [1.807, 2.05) is 11.3 Å². The lowest BCUT2D eigenvalue weighted by Gasteiger charge is -2.40. The van der Waals surface area contributed by atoms with Gasteiger partial charge in [0.25, 0.3) is 0 Å². The molecule has 2 N–H and O–H groups in total. The molecular weight excluding hydrogens is 216 g/mol. The van der Waals surface area contributed by atoms with Crippen molar-refractivity contribution in [2.75, 3.05) is 13.1 Å². The average molecular weight is 238 g/mol. The minimum absolute atomic E-state index is 0.615. The summed E-state index contributed by atoms with van der Waals surface area (Å²) in [6.45, 7) is 4.33. The minimum atomic E-state index is 0.615. The highest BCUT2D eigenvalue weighted by Gasteiger charge is 2.26. The standard InChI is InChI=1S/C13H22N2S/c1-11-4-2-5-12(10-14)15(11)8-7-13-6-3-9-16-13/h3,6,9,11-12H,2,4-5,7-8,10,14H2,1H3. The molecular formula is C13H22N2S. The van der Waals surface area contributed by atoms with Gasteiger partial charge in [-0.15, -0.1) is 11.3 Å². The highest BCUT2D eigenvalue weighted by Crippen LogP contribution is 2.23. The van der Waals surface area contributed by atoms with Crippen LogP contribution in [-0.4, -0.2) is 30.1 Å². The first kappa shape index (κ1) is 12.1. The first-order valence-electron chi connectivity index (χ1n) is 6.29. The van der Waals surface area contributed by atoms with Crippen molar-refractivity contribution in [2.24, 2.45) is 5.73 Å². The smallest absolute Gasteiger partial charge is 0.0221 e. The van der Waals surface area contributed by atoms with Crippen molar-refractivity contribution in [1.29, 1.82) is 0 Å². The SMILES string of the molecule is CC1CCCC(CN)N1CCc1cccs1. The Morgan fingerprint density at radius 3 is 3.06 bits per heavy atom. The summed E-state index contributed by atoms with van der Waals surface area (Å²) in [6, 6.07) is 5.70. The van der Waals surface area contributed by atoms with Gasteiger partial charge in [-0.25, -0.2) is 0 Å². The summed E-state index contributed by atoms with van der Waals surface area (Å²) in [5.41, 5.74) is 5.87. The molecule has 0 aliphatic carbocycles. The quantitative estimate of drug-likeness (QED) is 0.873. The summed E-state index contributed by atoms with van der Waals surface area (Å²) in [4.78, 5) is 4.11. The largest absolute Gasteiger partial charge is 0.329 e. The van der Waals surface area contributed by atoms with Crippen LogP contribution in [0.5, 0.6) is 0 Å². The molecule has 2 unspecified atom stereocenters. The van der Waals surface area contributed by atoms with Gasteiger partial charge in [0.15, 0.2) is 0 Å². The van der Waals surface area contributed by atoms with Gasteiger partial charge in [-0.05, 0) is 37.6 Å². The topological polar surface area (TPSA) is 29.3 Å². The van der Waals surface area contributed by atoms with E-state index in [9.17, 15) is 0 Å². The number of piperidine rings is 1. The van der Waals surface area contributed by atoms with E-state index in [0.717, 1.165) is 6.54 Å². The van der Waals surface area contributed by atoms with Crippen molar-refractivity contribution in [1.82, 2.24) is 4.90 Å². The second-order valence-corrected chi connectivity index (χ2v) is 5.77. The zero-order valence-electron chi connectivity index (χ0n) is 10.1. The second kappa shape index (κ2) is 5.80. The molecule has 0 bridgehead atoms. The molecule has 1 aromatic heterocycles. The number of rotatable bonds is 4. The van der Waals surface area contributed by atoms with Gasteiger partial charge in [0.1, 0.15) is 0 Å². The summed E-state index contributed by atoms with van der Waals surface area (Å²) in [5.74, 6) is 0. The van der Waals surface area contributed by atoms with Crippen LogP contribution in [0.3, 0.4) is 0 Å². The summed E-state index contributed by atoms with van der Waals surface area (Å²) in [7, 11) is 0. The molecule has 1 fully saturated rings. The lowest BCUT2D eigenvalue weighted by atomic mass is 9.96. The maximum atomic E-state index is 5.87. The fourth-order valence-corrected chi connectivity index (χ4v) is 3.39. The summed E-state index contributed by atoms with van der Waals surface area (Å²) in [5, 5.41) is 2.16. The maximum Gasteiger partial charge on any atom is 0.0221 e. The number of nitrogens with two attached hydrogens (primary N) is 1. The van der Waals surface area contributed by atoms with Crippen LogP contribution < -0.4 is 5.73 Å². The molecule has 2 rings (SSSR count). The van der Waals surface area contributed by atoms with Crippen molar-refractivity contribution < 1.29 is 0 Å². The molecule has 1 aromatic rings. The van der Waals surface area contributed by atoms with Gasteiger partial charge in [-0.3, -0.25) is 4.90 Å². The lowest BCUT2D eigenvalue weighted by Crippen LogP contribution is -2.49. The normalized spacial score (nSPS) is 27.1. The molecule has 16 heavy (non-hydrogen) atoms. The molecule has 0 amide bonds. The molecule has 1 saturated heterocycles. The Balaban J connectivity index is 1.90. The molecule has 1 aliphatic heterocycles. The lowest BCUT2D eigenvalue weighted by molar-refractivity contribution is 0.0991. The van der Waals surface area contributed by atoms with Crippen LogP contribution in [0.25, 0.3) is 0 Å². The van der Waals surface area contributed by atoms with E-state index in [4.69, 9.17) is 5.73 Å². The maximum absolute atomic E-state index is 5.87. The molecule has 0 aromatic carbocycles. The third-order valence-corrected chi connectivity index (χ3v) is 4.60. The highest BCUT2D eigenvalue weighted by molar-refractivity contribution is 7.09. The van der Waals surface area contributed by atoms with Gasteiger partial charge in [-0.2, -0.15) is 0 Å². The molecule has 1 aliphatic rings. The predicted octanol–water partition coefficient (Wildman–Crippen LogP) is 2.49. The van der Waals surface area contributed by atoms with Crippen molar-refractivity contribution >= 4 is 11.3 Å². The van der Waals surface area contributed by atoms with E-state index in [1.54, 1.807) is 0 Å². The Labute approximate surface area is 102 Å². The fraction of sp³-hybridized carbons (Fsp3) is 0.692. The molecule has 2 atom stereocenters. The molecule has 3 heteroatoms. The monoisotopic (exact) mass is 238 g/mol. The minimum Gasteiger partial charge on any atom is -0.329 e. The molecule has 0 spiro atoms. The summed E-state index contributed by atoms with van der Waals surface area (Å²) < 4.78 is 0. The highest BCUT2D eigenvalue weighted by atomic mass is 32.1. The van der Waals surface area contributed by atoms with Crippen LogP contribution in [0.1, 0.15) is 31.1 Å². The van der Waals surface area contributed by atoms with Gasteiger partial charge in [-0.1, -0.05) is 12.5 Å². The molecule has 2 nitrogen and oxygen atoms in total. The number of hydrogen-bond donors (Lipinski definition) is 1. The predicted molar refractivity (Wildman–Crippen MR) is 70.9 cm³/mol. The van der Waals surface area contributed by atoms with Crippen molar-refractivity contribution in [3.8, 4) is 0 Å². The van der Waals surface area contributed by atoms with Gasteiger partial charge in [0.05, 0.1) is 0 Å². The molecule has 90 valence electrons. The Morgan fingerprint density at radius 2 is 2.38 bits per heavy atom. The van der Waals surface area contributed by atoms with E-state index >= 15 is 0 Å². The Kier molecular flexibility index (Phi) is 4.38. The molecule has 0 radical (unpaired) electrons. The van der Waals surface area contributed by atoms with Gasteiger partial charge in [0.2, 0.25) is 0 Å². The first-order valence-corrected chi connectivity index (χ1v) is 7.17. The average Bonchev–Trinajstić information content (AvgIpc) is 2.80. The number of nitrogens with zero attached hydrogens (tertiary/aromatic N) is 1. The van der Waals surface area contributed by atoms with E-state index in [-0.39, 0.29) is 0 Å². The van der Waals surface area contributed by atoms with Crippen LogP contribution in [0.2, 0.25) is 0 Å². The van der Waals surface area contributed by atoms with Gasteiger partial charge >= 0.3 is 0 Å². The van der Waals surface area contributed by atoms with Crippen LogP contribution >= 0.6 is 11.3 Å². The second-order valence-electron chi connectivity index (χ2n) is 4.74. The van der Waals surface area contributed by atoms with Crippen LogP contribution in [0, 0.1) is 0 Å². The zero-order valence-corrected chi connectivity index (χ0v) is 10.9. The molecule has 2 heterocycles. The Hall–Kier alpha value is -0.380. The van der Waals surface area contributed by atoms with Crippen molar-refractivity contribution in [3.05, 3.63) is 22.4 Å². The summed E-state index contributed by atoms with van der Waals surface area (Å²) >= 11 is 1.86. The Bertz CT molecular complexity index is 297. The van der Waals surface area contributed by atoms with Crippen molar-refractivity contribution in [2.45, 2.75) is 44.7 Å². The third-order valence-electron chi connectivity index (χ3n) is 3.66. The van der Waals surface area contributed by atoms with Crippen molar-refractivity contribution in [3.63, 3.8) is 0 Å². The fourth-order valence-electron chi connectivity index (χ4n) is 2.69. The van der Waals surface area contributed by atoms with E-state index in [0.29, 0.717) is 12.1 Å². The van der Waals surface area contributed by atoms with Crippen LogP contribution in [0.15, 0.2) is 17.5 Å². The van der Waals surface area contributed by atoms with E-state index in [1.165, 1.54) is 37.1 Å². The van der Waals surface area contributed by atoms with Crippen LogP contribution in [-0.2, 0) is 6.42 Å². The number of likely N-dealkylation sites (tertiary alicyclic amines) is 1. The third kappa shape index (κ3) is 2.84. The van der Waals surface area contributed by atoms with E-state index in [2.05, 4.69) is 29.3 Å². The van der Waals surface area contributed by atoms with Gasteiger partial charge < -0.3 is 5.73 Å². The Morgan fingerprint density at radius 1 is 1.50 bits per heavy atom. The number of hydrogen-bond acceptors (Lipinski definition) is 3. The summed E-state index contributed by atoms with van der Waals surface area (Å²) in [6.07, 6.45) is 5.14. The zero-order chi connectivity index (χ0) is 11.4. The number of thiophene rings is 1.